The highest BCUT2D eigenvalue weighted by Crippen LogP contribution is 1.94. The summed E-state index contributed by atoms with van der Waals surface area (Å²) in [4.78, 5) is 33.3. The maximum Gasteiger partial charge on any atom is 0.333 e. The van der Waals surface area contributed by atoms with E-state index in [2.05, 4.69) is 20.1 Å². The third kappa shape index (κ3) is 23.6. The first-order valence-electron chi connectivity index (χ1n) is 9.06. The molecule has 0 radical (unpaired) electrons. The fraction of sp³-hybridized carbons (Fsp3) is 0.571. The molecule has 0 saturated carbocycles. The van der Waals surface area contributed by atoms with Crippen LogP contribution in [0.1, 0.15) is 47.5 Å². The van der Waals surface area contributed by atoms with E-state index in [1.165, 1.54) is 0 Å². The van der Waals surface area contributed by atoms with Crippen molar-refractivity contribution >= 4 is 17.9 Å². The third-order valence-corrected chi connectivity index (χ3v) is 2.97. The lowest BCUT2D eigenvalue weighted by Gasteiger charge is -2.09. The summed E-state index contributed by atoms with van der Waals surface area (Å²) in [5, 5.41) is 8.11. The predicted molar refractivity (Wildman–Crippen MR) is 112 cm³/mol. The Morgan fingerprint density at radius 3 is 1.64 bits per heavy atom. The Morgan fingerprint density at radius 1 is 0.964 bits per heavy atom. The molecule has 0 spiro atoms. The molecule has 0 aromatic rings. The van der Waals surface area contributed by atoms with Crippen molar-refractivity contribution in [2.24, 2.45) is 0 Å². The average Bonchev–Trinajstić information content (AvgIpc) is 2.61. The van der Waals surface area contributed by atoms with Crippen LogP contribution in [0.3, 0.4) is 0 Å². The molecule has 28 heavy (non-hydrogen) atoms. The van der Waals surface area contributed by atoms with Gasteiger partial charge in [-0.1, -0.05) is 32.6 Å². The first kappa shape index (κ1) is 30.3. The first-order valence-corrected chi connectivity index (χ1v) is 9.06. The number of carboxylic acid groups (broad SMARTS) is 1. The molecule has 0 bridgehead atoms. The number of nitrogens with zero attached hydrogens (tertiary/aromatic N) is 1. The molecular formula is C21H37NO6. The standard InChI is InChI=1S/C8H15NO2.C8H14O2.C5H8O2/c1-7(2)8(10)11-6-5-9(3)4;1-4-5-6-10-8(9)7(2)3;1-3-4(2)5(6)7/h1,5-6H2,2-4H3;2,4-6H2,1,3H3;3H,1-2H3,(H,6,7). The van der Waals surface area contributed by atoms with E-state index in [0.29, 0.717) is 29.9 Å². The van der Waals surface area contributed by atoms with Gasteiger partial charge < -0.3 is 19.5 Å². The Kier molecular flexibility index (Phi) is 21.0. The minimum absolute atomic E-state index is 0.284. The van der Waals surface area contributed by atoms with Crippen molar-refractivity contribution in [3.8, 4) is 0 Å². The number of carbonyl (C=O) groups excluding carboxylic acids is 2. The molecule has 0 aliphatic rings. The minimum Gasteiger partial charge on any atom is -0.478 e. The van der Waals surface area contributed by atoms with Crippen LogP contribution in [0, 0.1) is 0 Å². The van der Waals surface area contributed by atoms with Crippen LogP contribution in [-0.2, 0) is 23.9 Å². The van der Waals surface area contributed by atoms with E-state index in [1.54, 1.807) is 33.8 Å². The Labute approximate surface area is 169 Å². The van der Waals surface area contributed by atoms with E-state index in [1.807, 2.05) is 19.0 Å². The van der Waals surface area contributed by atoms with Gasteiger partial charge in [-0.3, -0.25) is 0 Å². The summed E-state index contributed by atoms with van der Waals surface area (Å²) in [5.74, 6) is -1.44. The van der Waals surface area contributed by atoms with Gasteiger partial charge in [0.15, 0.2) is 0 Å². The van der Waals surface area contributed by atoms with Crippen LogP contribution in [-0.4, -0.2) is 61.8 Å². The Balaban J connectivity index is -0.000000343. The van der Waals surface area contributed by atoms with Crippen molar-refractivity contribution in [3.05, 3.63) is 36.0 Å². The topological polar surface area (TPSA) is 93.1 Å². The van der Waals surface area contributed by atoms with Gasteiger partial charge in [-0.2, -0.15) is 0 Å². The number of ether oxygens (including phenoxy) is 2. The lowest BCUT2D eigenvalue weighted by molar-refractivity contribution is -0.140. The fourth-order valence-electron chi connectivity index (χ4n) is 1.000. The molecule has 0 rings (SSSR count). The number of unbranched alkanes of at least 4 members (excludes halogenated alkanes) is 1. The molecule has 0 fully saturated rings. The van der Waals surface area contributed by atoms with Gasteiger partial charge >= 0.3 is 17.9 Å². The minimum atomic E-state index is -0.845. The zero-order chi connectivity index (χ0) is 22.7. The molecule has 7 nitrogen and oxygen atoms in total. The van der Waals surface area contributed by atoms with E-state index in [0.717, 1.165) is 19.4 Å². The number of allylic oxidation sites excluding steroid dienone is 1. The molecule has 0 unspecified atom stereocenters. The van der Waals surface area contributed by atoms with Gasteiger partial charge in [0.25, 0.3) is 0 Å². The highest BCUT2D eigenvalue weighted by atomic mass is 16.5. The normalized spacial score (nSPS) is 9.93. The second-order valence-corrected chi connectivity index (χ2v) is 6.27. The molecule has 0 aromatic heterocycles. The summed E-state index contributed by atoms with van der Waals surface area (Å²) >= 11 is 0. The summed E-state index contributed by atoms with van der Waals surface area (Å²) in [6.07, 6.45) is 3.53. The number of aliphatic carboxylic acids is 1. The van der Waals surface area contributed by atoms with Crippen LogP contribution >= 0.6 is 0 Å². The number of carbonyl (C=O) groups is 3. The van der Waals surface area contributed by atoms with Crippen molar-refractivity contribution < 1.29 is 29.0 Å². The maximum absolute atomic E-state index is 10.8. The number of carboxylic acids is 1. The number of rotatable bonds is 9. The summed E-state index contributed by atoms with van der Waals surface area (Å²) in [5.41, 5.74) is 1.31. The van der Waals surface area contributed by atoms with Crippen molar-refractivity contribution in [2.75, 3.05) is 33.9 Å². The second-order valence-electron chi connectivity index (χ2n) is 6.27. The molecule has 0 aliphatic heterocycles. The number of esters is 2. The van der Waals surface area contributed by atoms with Gasteiger partial charge in [-0.25, -0.2) is 14.4 Å². The molecule has 0 saturated heterocycles. The number of hydrogen-bond donors (Lipinski definition) is 1. The maximum atomic E-state index is 10.8. The SMILES string of the molecule is C=C(C)C(=O)OCCCC.C=C(C)C(=O)OCCN(C)C.CC=C(C)C(=O)O. The Morgan fingerprint density at radius 2 is 1.39 bits per heavy atom. The first-order chi connectivity index (χ1) is 12.9. The van der Waals surface area contributed by atoms with Crippen molar-refractivity contribution in [1.82, 2.24) is 4.90 Å². The molecule has 0 aliphatic carbocycles. The molecule has 1 N–H and O–H groups in total. The average molecular weight is 400 g/mol. The molecule has 0 aromatic carbocycles. The lowest BCUT2D eigenvalue weighted by Crippen LogP contribution is -2.20. The Hall–Kier alpha value is -2.41. The monoisotopic (exact) mass is 399 g/mol. The van der Waals surface area contributed by atoms with Crippen LogP contribution in [0.2, 0.25) is 0 Å². The van der Waals surface area contributed by atoms with Gasteiger partial charge in [0, 0.05) is 23.3 Å². The van der Waals surface area contributed by atoms with Crippen LogP contribution in [0.15, 0.2) is 36.0 Å². The van der Waals surface area contributed by atoms with Gasteiger partial charge in [-0.15, -0.1) is 0 Å². The largest absolute Gasteiger partial charge is 0.478 e. The molecule has 0 atom stereocenters. The van der Waals surface area contributed by atoms with E-state index in [9.17, 15) is 14.4 Å². The highest BCUT2D eigenvalue weighted by molar-refractivity contribution is 5.87. The van der Waals surface area contributed by atoms with Crippen LogP contribution in [0.25, 0.3) is 0 Å². The molecule has 0 amide bonds. The van der Waals surface area contributed by atoms with Crippen LogP contribution in [0.5, 0.6) is 0 Å². The van der Waals surface area contributed by atoms with Gasteiger partial charge in [0.2, 0.25) is 0 Å². The lowest BCUT2D eigenvalue weighted by atomic mass is 10.3. The summed E-state index contributed by atoms with van der Waals surface area (Å²) in [6, 6.07) is 0. The fourth-order valence-corrected chi connectivity index (χ4v) is 1.000. The van der Waals surface area contributed by atoms with Crippen LogP contribution < -0.4 is 0 Å². The number of hydrogen-bond acceptors (Lipinski definition) is 6. The number of likely N-dealkylation sites (N-methyl/N-ethyl adjacent to an activating group) is 1. The summed E-state index contributed by atoms with van der Waals surface area (Å²) in [6.45, 7) is 17.2. The second kappa shape index (κ2) is 19.4. The van der Waals surface area contributed by atoms with Gasteiger partial charge in [-0.05, 0) is 48.2 Å². The quantitative estimate of drug-likeness (QED) is 0.360. The molecule has 0 heterocycles. The van der Waals surface area contributed by atoms with E-state index < -0.39 is 5.97 Å². The van der Waals surface area contributed by atoms with Gasteiger partial charge in [0.05, 0.1) is 6.61 Å². The van der Waals surface area contributed by atoms with E-state index in [4.69, 9.17) is 14.6 Å². The highest BCUT2D eigenvalue weighted by Gasteiger charge is 2.02. The summed E-state index contributed by atoms with van der Waals surface area (Å²) in [7, 11) is 3.85. The zero-order valence-corrected chi connectivity index (χ0v) is 18.5. The van der Waals surface area contributed by atoms with E-state index >= 15 is 0 Å². The van der Waals surface area contributed by atoms with Crippen LogP contribution in [0.4, 0.5) is 0 Å². The van der Waals surface area contributed by atoms with Crippen molar-refractivity contribution in [3.63, 3.8) is 0 Å². The van der Waals surface area contributed by atoms with Gasteiger partial charge in [0.1, 0.15) is 6.61 Å². The van der Waals surface area contributed by atoms with E-state index in [-0.39, 0.29) is 11.9 Å². The molecular weight excluding hydrogens is 362 g/mol. The molecule has 162 valence electrons. The predicted octanol–water partition coefficient (Wildman–Crippen LogP) is 3.61. The summed E-state index contributed by atoms with van der Waals surface area (Å²) < 4.78 is 9.64. The zero-order valence-electron chi connectivity index (χ0n) is 18.5. The Bertz CT molecular complexity index is 535. The van der Waals surface area contributed by atoms with Crippen molar-refractivity contribution in [1.29, 1.82) is 0 Å². The van der Waals surface area contributed by atoms with Crippen molar-refractivity contribution in [2.45, 2.75) is 47.5 Å². The smallest absolute Gasteiger partial charge is 0.333 e. The third-order valence-electron chi connectivity index (χ3n) is 2.97. The molecule has 7 heteroatoms.